The smallest absolute Gasteiger partial charge is 0.264 e. The van der Waals surface area contributed by atoms with E-state index < -0.39 is 17.5 Å². The number of benzene rings is 2. The van der Waals surface area contributed by atoms with E-state index >= 15 is 0 Å². The molecule has 116 valence electrons. The molecule has 2 aromatic carbocycles. The normalized spacial score (nSPS) is 10.6. The van der Waals surface area contributed by atoms with Gasteiger partial charge in [-0.3, -0.25) is 9.69 Å². The minimum Gasteiger partial charge on any atom is -0.268 e. The van der Waals surface area contributed by atoms with Crippen molar-refractivity contribution in [1.29, 1.82) is 0 Å². The first-order valence-electron chi connectivity index (χ1n) is 6.82. The lowest BCUT2D eigenvalue weighted by Gasteiger charge is -2.20. The van der Waals surface area contributed by atoms with Crippen LogP contribution in [0.15, 0.2) is 53.9 Å². The Labute approximate surface area is 135 Å². The first kappa shape index (κ1) is 15.3. The lowest BCUT2D eigenvalue weighted by atomic mass is 10.1. The lowest BCUT2D eigenvalue weighted by Crippen LogP contribution is -2.26. The summed E-state index contributed by atoms with van der Waals surface area (Å²) < 4.78 is 26.9. The van der Waals surface area contributed by atoms with Crippen LogP contribution in [-0.4, -0.2) is 10.9 Å². The molecule has 6 heteroatoms. The number of nitrogens with zero attached hydrogens (tertiary/aromatic N) is 2. The summed E-state index contributed by atoms with van der Waals surface area (Å²) in [5, 5.41) is 2.26. The van der Waals surface area contributed by atoms with Crippen molar-refractivity contribution in [2.45, 2.75) is 6.92 Å². The van der Waals surface area contributed by atoms with Crippen LogP contribution in [0.1, 0.15) is 16.1 Å². The van der Waals surface area contributed by atoms with E-state index in [9.17, 15) is 13.6 Å². The molecule has 0 aliphatic rings. The number of halogens is 2. The summed E-state index contributed by atoms with van der Waals surface area (Å²) in [4.78, 5) is 18.5. The van der Waals surface area contributed by atoms with E-state index in [4.69, 9.17) is 0 Å². The van der Waals surface area contributed by atoms with Gasteiger partial charge in [-0.1, -0.05) is 18.2 Å². The zero-order chi connectivity index (χ0) is 16.4. The molecule has 3 nitrogen and oxygen atoms in total. The number of thiazole rings is 1. The predicted octanol–water partition coefficient (Wildman–Crippen LogP) is 4.71. The van der Waals surface area contributed by atoms with E-state index in [1.165, 1.54) is 16.2 Å². The average Bonchev–Trinajstić information content (AvgIpc) is 2.93. The van der Waals surface area contributed by atoms with Crippen LogP contribution in [0.3, 0.4) is 0 Å². The van der Waals surface area contributed by atoms with Crippen LogP contribution < -0.4 is 4.90 Å². The Morgan fingerprint density at radius 3 is 2.30 bits per heavy atom. The number of aromatic nitrogens is 1. The van der Waals surface area contributed by atoms with Gasteiger partial charge in [0.15, 0.2) is 5.13 Å². The van der Waals surface area contributed by atoms with Crippen LogP contribution >= 0.6 is 11.3 Å². The molecule has 23 heavy (non-hydrogen) atoms. The van der Waals surface area contributed by atoms with E-state index in [1.807, 2.05) is 18.4 Å². The maximum absolute atomic E-state index is 13.4. The van der Waals surface area contributed by atoms with E-state index in [-0.39, 0.29) is 5.56 Å². The highest BCUT2D eigenvalue weighted by Gasteiger charge is 2.23. The molecule has 0 aliphatic heterocycles. The molecule has 0 aliphatic carbocycles. The fraction of sp³-hybridized carbons (Fsp3) is 0.0588. The topological polar surface area (TPSA) is 33.2 Å². The maximum Gasteiger partial charge on any atom is 0.264 e. The van der Waals surface area contributed by atoms with Gasteiger partial charge in [-0.25, -0.2) is 13.8 Å². The minimum absolute atomic E-state index is 0.0702. The lowest BCUT2D eigenvalue weighted by molar-refractivity contribution is 0.0998. The fourth-order valence-corrected chi connectivity index (χ4v) is 2.96. The molecule has 0 radical (unpaired) electrons. The van der Waals surface area contributed by atoms with Gasteiger partial charge in [-0.2, -0.15) is 0 Å². The molecule has 0 unspecified atom stereocenters. The highest BCUT2D eigenvalue weighted by atomic mass is 32.1. The molecule has 0 bridgehead atoms. The van der Waals surface area contributed by atoms with Gasteiger partial charge in [0, 0.05) is 17.0 Å². The van der Waals surface area contributed by atoms with Crippen molar-refractivity contribution >= 4 is 28.1 Å². The average molecular weight is 330 g/mol. The number of rotatable bonds is 3. The molecule has 0 N–H and O–H groups in total. The van der Waals surface area contributed by atoms with Crippen LogP contribution in [0, 0.1) is 18.6 Å². The number of carbonyl (C=O) groups excluding carboxylic acids is 1. The first-order valence-corrected chi connectivity index (χ1v) is 7.70. The van der Waals surface area contributed by atoms with Gasteiger partial charge in [-0.15, -0.1) is 11.3 Å². The van der Waals surface area contributed by atoms with Crippen molar-refractivity contribution < 1.29 is 13.6 Å². The molecule has 1 aromatic heterocycles. The molecule has 0 saturated carbocycles. The van der Waals surface area contributed by atoms with Crippen LogP contribution in [0.2, 0.25) is 0 Å². The Morgan fingerprint density at radius 2 is 1.74 bits per heavy atom. The number of hydrogen-bond donors (Lipinski definition) is 0. The van der Waals surface area contributed by atoms with Crippen LogP contribution in [-0.2, 0) is 0 Å². The maximum atomic E-state index is 13.4. The van der Waals surface area contributed by atoms with Gasteiger partial charge in [0.2, 0.25) is 0 Å². The van der Waals surface area contributed by atoms with Gasteiger partial charge >= 0.3 is 0 Å². The van der Waals surface area contributed by atoms with Gasteiger partial charge in [-0.05, 0) is 31.2 Å². The third-order valence-corrected chi connectivity index (χ3v) is 4.07. The van der Waals surface area contributed by atoms with Crippen LogP contribution in [0.5, 0.6) is 0 Å². The second-order valence-electron chi connectivity index (χ2n) is 4.91. The van der Waals surface area contributed by atoms with Crippen molar-refractivity contribution in [3.63, 3.8) is 0 Å². The Kier molecular flexibility index (Phi) is 4.16. The predicted molar refractivity (Wildman–Crippen MR) is 86.1 cm³/mol. The number of carbonyl (C=O) groups is 1. The highest BCUT2D eigenvalue weighted by Crippen LogP contribution is 2.30. The molecule has 0 fully saturated rings. The second kappa shape index (κ2) is 6.26. The van der Waals surface area contributed by atoms with E-state index in [2.05, 4.69) is 4.98 Å². The number of aryl methyl sites for hydroxylation is 1. The van der Waals surface area contributed by atoms with Gasteiger partial charge in [0.25, 0.3) is 5.91 Å². The Morgan fingerprint density at radius 1 is 1.09 bits per heavy atom. The summed E-state index contributed by atoms with van der Waals surface area (Å²) in [5.41, 5.74) is 1.28. The molecule has 0 spiro atoms. The number of para-hydroxylation sites is 1. The first-order chi connectivity index (χ1) is 11.0. The molecule has 0 atom stereocenters. The number of anilines is 2. The van der Waals surface area contributed by atoms with Gasteiger partial charge in [0.1, 0.15) is 11.6 Å². The summed E-state index contributed by atoms with van der Waals surface area (Å²) in [7, 11) is 0. The Bertz CT molecular complexity index is 829. The van der Waals surface area contributed by atoms with Crippen molar-refractivity contribution in [2.75, 3.05) is 4.90 Å². The quantitative estimate of drug-likeness (QED) is 0.697. The second-order valence-corrected chi connectivity index (χ2v) is 5.74. The standard InChI is InChI=1S/C17H12F2N2OS/c1-11-10-23-17(20-11)21(15-5-3-2-4-6-15)16(22)12-7-13(18)9-14(19)8-12/h2-10H,1H3. The van der Waals surface area contributed by atoms with Crippen molar-refractivity contribution in [2.24, 2.45) is 0 Å². The number of hydrogen-bond acceptors (Lipinski definition) is 3. The van der Waals surface area contributed by atoms with Gasteiger partial charge < -0.3 is 0 Å². The van der Waals surface area contributed by atoms with Gasteiger partial charge in [0.05, 0.1) is 11.4 Å². The zero-order valence-electron chi connectivity index (χ0n) is 12.2. The monoisotopic (exact) mass is 330 g/mol. The summed E-state index contributed by atoms with van der Waals surface area (Å²) in [5.74, 6) is -2.13. The van der Waals surface area contributed by atoms with E-state index in [0.717, 1.165) is 23.9 Å². The molecule has 0 saturated heterocycles. The Balaban J connectivity index is 2.09. The molecule has 1 heterocycles. The zero-order valence-corrected chi connectivity index (χ0v) is 13.0. The van der Waals surface area contributed by atoms with Crippen molar-refractivity contribution in [3.05, 3.63) is 76.8 Å². The molecule has 1 amide bonds. The molecular formula is C17H12F2N2OS. The fourth-order valence-electron chi connectivity index (χ4n) is 2.14. The van der Waals surface area contributed by atoms with Crippen molar-refractivity contribution in [1.82, 2.24) is 4.98 Å². The van der Waals surface area contributed by atoms with E-state index in [0.29, 0.717) is 10.8 Å². The Hall–Kier alpha value is -2.60. The highest BCUT2D eigenvalue weighted by molar-refractivity contribution is 7.14. The SMILES string of the molecule is Cc1csc(N(C(=O)c2cc(F)cc(F)c2)c2ccccc2)n1. The third-order valence-electron chi connectivity index (χ3n) is 3.13. The van der Waals surface area contributed by atoms with Crippen LogP contribution in [0.4, 0.5) is 19.6 Å². The number of amides is 1. The van der Waals surface area contributed by atoms with E-state index in [1.54, 1.807) is 24.3 Å². The molecule has 3 rings (SSSR count). The van der Waals surface area contributed by atoms with Crippen molar-refractivity contribution in [3.8, 4) is 0 Å². The minimum atomic E-state index is -0.795. The summed E-state index contributed by atoms with van der Waals surface area (Å²) in [6, 6.07) is 11.6. The summed E-state index contributed by atoms with van der Waals surface area (Å²) >= 11 is 1.29. The largest absolute Gasteiger partial charge is 0.268 e. The van der Waals surface area contributed by atoms with Crippen LogP contribution in [0.25, 0.3) is 0 Å². The third kappa shape index (κ3) is 3.27. The molecule has 3 aromatic rings. The summed E-state index contributed by atoms with van der Waals surface area (Å²) in [6.07, 6.45) is 0. The molecular weight excluding hydrogens is 318 g/mol. The summed E-state index contributed by atoms with van der Waals surface area (Å²) in [6.45, 7) is 1.81.